The van der Waals surface area contributed by atoms with E-state index >= 15 is 0 Å². The summed E-state index contributed by atoms with van der Waals surface area (Å²) in [6.07, 6.45) is 1.26. The molecule has 2 aromatic carbocycles. The van der Waals surface area contributed by atoms with E-state index in [4.69, 9.17) is 5.26 Å². The molecular weight excluding hydrogens is 287 g/mol. The Kier molecular flexibility index (Phi) is 4.39. The summed E-state index contributed by atoms with van der Waals surface area (Å²) in [7, 11) is 0. The van der Waals surface area contributed by atoms with Crippen LogP contribution in [0.2, 0.25) is 0 Å². The zero-order valence-electron chi connectivity index (χ0n) is 11.2. The van der Waals surface area contributed by atoms with Gasteiger partial charge in [0.1, 0.15) is 17.5 Å². The summed E-state index contributed by atoms with van der Waals surface area (Å²) in [4.78, 5) is 22.1. The number of nitro benzene ring substituents is 1. The van der Waals surface area contributed by atoms with Gasteiger partial charge >= 0.3 is 0 Å². The highest BCUT2D eigenvalue weighted by molar-refractivity contribution is 6.14. The van der Waals surface area contributed by atoms with Crippen molar-refractivity contribution in [2.45, 2.75) is 0 Å². The fourth-order valence-electron chi connectivity index (χ4n) is 1.80. The van der Waals surface area contributed by atoms with Crippen LogP contribution in [0.25, 0.3) is 6.08 Å². The number of hydrogen-bond acceptors (Lipinski definition) is 4. The lowest BCUT2D eigenvalue weighted by molar-refractivity contribution is -0.384. The third-order valence-electron chi connectivity index (χ3n) is 2.90. The summed E-state index contributed by atoms with van der Waals surface area (Å²) in [5.41, 5.74) is -0.112. The molecule has 0 aromatic heterocycles. The largest absolute Gasteiger partial charge is 0.288 e. The van der Waals surface area contributed by atoms with Gasteiger partial charge in [-0.1, -0.05) is 12.1 Å². The number of nitro groups is 1. The van der Waals surface area contributed by atoms with Gasteiger partial charge in [-0.25, -0.2) is 4.39 Å². The van der Waals surface area contributed by atoms with E-state index in [9.17, 15) is 19.3 Å². The minimum absolute atomic E-state index is 0.101. The molecule has 108 valence electrons. The maximum atomic E-state index is 13.6. The summed E-state index contributed by atoms with van der Waals surface area (Å²) >= 11 is 0. The number of carbonyl (C=O) groups is 1. The van der Waals surface area contributed by atoms with Crippen molar-refractivity contribution in [3.63, 3.8) is 0 Å². The van der Waals surface area contributed by atoms with Crippen LogP contribution in [0.4, 0.5) is 10.1 Å². The quantitative estimate of drug-likeness (QED) is 0.284. The van der Waals surface area contributed by atoms with Crippen LogP contribution in [-0.2, 0) is 0 Å². The SMILES string of the molecule is N#C/C(=C\c1ccc([N+](=O)[O-])cc1)C(=O)c1ccccc1F. The van der Waals surface area contributed by atoms with Gasteiger partial charge in [-0.2, -0.15) is 5.26 Å². The molecule has 0 bridgehead atoms. The molecule has 0 heterocycles. The molecule has 22 heavy (non-hydrogen) atoms. The Balaban J connectivity index is 2.36. The predicted octanol–water partition coefficient (Wildman–Crippen LogP) is 3.52. The van der Waals surface area contributed by atoms with Crippen LogP contribution in [-0.4, -0.2) is 10.7 Å². The van der Waals surface area contributed by atoms with Crippen molar-refractivity contribution in [1.29, 1.82) is 5.26 Å². The van der Waals surface area contributed by atoms with Crippen LogP contribution in [0.1, 0.15) is 15.9 Å². The van der Waals surface area contributed by atoms with Crippen LogP contribution in [0.3, 0.4) is 0 Å². The number of carbonyl (C=O) groups excluding carboxylic acids is 1. The van der Waals surface area contributed by atoms with E-state index in [1.54, 1.807) is 6.07 Å². The van der Waals surface area contributed by atoms with Crippen molar-refractivity contribution in [1.82, 2.24) is 0 Å². The van der Waals surface area contributed by atoms with Crippen LogP contribution < -0.4 is 0 Å². The number of ketones is 1. The van der Waals surface area contributed by atoms with E-state index in [-0.39, 0.29) is 16.8 Å². The summed E-state index contributed by atoms with van der Waals surface area (Å²) in [5, 5.41) is 19.6. The number of rotatable bonds is 4. The Hall–Kier alpha value is -3.33. The molecule has 0 saturated heterocycles. The van der Waals surface area contributed by atoms with Crippen molar-refractivity contribution < 1.29 is 14.1 Å². The highest BCUT2D eigenvalue weighted by Gasteiger charge is 2.16. The van der Waals surface area contributed by atoms with Gasteiger partial charge in [0.2, 0.25) is 5.78 Å². The first kappa shape index (κ1) is 15.1. The highest BCUT2D eigenvalue weighted by Crippen LogP contribution is 2.17. The molecule has 0 aliphatic carbocycles. The molecule has 6 heteroatoms. The fourth-order valence-corrected chi connectivity index (χ4v) is 1.80. The summed E-state index contributed by atoms with van der Waals surface area (Å²) in [5.74, 6) is -1.45. The molecule has 0 atom stereocenters. The standard InChI is InChI=1S/C16H9FN2O3/c17-15-4-2-1-3-14(15)16(20)12(10-18)9-11-5-7-13(8-6-11)19(21)22/h1-9H/b12-9+. The van der Waals surface area contributed by atoms with E-state index in [1.807, 2.05) is 0 Å². The third-order valence-corrected chi connectivity index (χ3v) is 2.90. The fraction of sp³-hybridized carbons (Fsp3) is 0. The van der Waals surface area contributed by atoms with Gasteiger partial charge in [0.25, 0.3) is 5.69 Å². The molecule has 0 saturated carbocycles. The van der Waals surface area contributed by atoms with Crippen molar-refractivity contribution in [2.24, 2.45) is 0 Å². The molecule has 0 unspecified atom stereocenters. The Labute approximate surface area is 125 Å². The first-order chi connectivity index (χ1) is 10.5. The third kappa shape index (κ3) is 3.22. The summed E-state index contributed by atoms with van der Waals surface area (Å²) in [6.45, 7) is 0. The molecule has 0 fully saturated rings. The van der Waals surface area contributed by atoms with E-state index in [2.05, 4.69) is 0 Å². The molecular formula is C16H9FN2O3. The zero-order chi connectivity index (χ0) is 16.1. The number of Topliss-reactive ketones (excluding diaryl/α,β-unsaturated/α-hetero) is 1. The van der Waals surface area contributed by atoms with E-state index in [0.29, 0.717) is 5.56 Å². The van der Waals surface area contributed by atoms with Gasteiger partial charge in [0.15, 0.2) is 0 Å². The van der Waals surface area contributed by atoms with E-state index in [1.165, 1.54) is 48.5 Å². The van der Waals surface area contributed by atoms with E-state index in [0.717, 1.165) is 6.07 Å². The topological polar surface area (TPSA) is 84.0 Å². The Morgan fingerprint density at radius 2 is 1.82 bits per heavy atom. The molecule has 2 rings (SSSR count). The molecule has 0 amide bonds. The molecule has 2 aromatic rings. The second-order valence-electron chi connectivity index (χ2n) is 4.33. The minimum Gasteiger partial charge on any atom is -0.288 e. The number of hydrogen-bond donors (Lipinski definition) is 0. The first-order valence-electron chi connectivity index (χ1n) is 6.18. The monoisotopic (exact) mass is 296 g/mol. The van der Waals surface area contributed by atoms with Crippen LogP contribution in [0.15, 0.2) is 54.1 Å². The second kappa shape index (κ2) is 6.41. The lowest BCUT2D eigenvalue weighted by atomic mass is 10.0. The van der Waals surface area contributed by atoms with Crippen LogP contribution in [0.5, 0.6) is 0 Å². The maximum Gasteiger partial charge on any atom is 0.269 e. The normalized spacial score (nSPS) is 10.8. The molecule has 0 aliphatic rings. The lowest BCUT2D eigenvalue weighted by Gasteiger charge is -2.01. The first-order valence-corrected chi connectivity index (χ1v) is 6.18. The van der Waals surface area contributed by atoms with E-state index < -0.39 is 16.5 Å². The van der Waals surface area contributed by atoms with Crippen molar-refractivity contribution in [3.8, 4) is 6.07 Å². The molecule has 0 radical (unpaired) electrons. The number of benzene rings is 2. The van der Waals surface area contributed by atoms with Gasteiger partial charge < -0.3 is 0 Å². The number of allylic oxidation sites excluding steroid dienone is 1. The Bertz CT molecular complexity index is 805. The molecule has 0 N–H and O–H groups in total. The zero-order valence-corrected chi connectivity index (χ0v) is 11.2. The summed E-state index contributed by atoms with van der Waals surface area (Å²) in [6, 6.07) is 12.4. The lowest BCUT2D eigenvalue weighted by Crippen LogP contribution is -2.04. The number of nitrogens with zero attached hydrogens (tertiary/aromatic N) is 2. The maximum absolute atomic E-state index is 13.6. The Morgan fingerprint density at radius 3 is 2.36 bits per heavy atom. The smallest absolute Gasteiger partial charge is 0.269 e. The summed E-state index contributed by atoms with van der Waals surface area (Å²) < 4.78 is 13.6. The van der Waals surface area contributed by atoms with Gasteiger partial charge in [0, 0.05) is 12.1 Å². The van der Waals surface area contributed by atoms with Gasteiger partial charge in [0.05, 0.1) is 10.5 Å². The van der Waals surface area contributed by atoms with Crippen LogP contribution >= 0.6 is 0 Å². The second-order valence-corrected chi connectivity index (χ2v) is 4.33. The average molecular weight is 296 g/mol. The Morgan fingerprint density at radius 1 is 1.18 bits per heavy atom. The molecule has 0 aliphatic heterocycles. The van der Waals surface area contributed by atoms with Gasteiger partial charge in [-0.15, -0.1) is 0 Å². The van der Waals surface area contributed by atoms with Gasteiger partial charge in [-0.05, 0) is 35.9 Å². The number of halogens is 1. The van der Waals surface area contributed by atoms with Crippen molar-refractivity contribution >= 4 is 17.5 Å². The average Bonchev–Trinajstić information content (AvgIpc) is 2.53. The number of nitriles is 1. The number of non-ortho nitro benzene ring substituents is 1. The van der Waals surface area contributed by atoms with Gasteiger partial charge in [-0.3, -0.25) is 14.9 Å². The molecule has 0 spiro atoms. The predicted molar refractivity (Wildman–Crippen MR) is 77.4 cm³/mol. The molecule has 5 nitrogen and oxygen atoms in total. The van der Waals surface area contributed by atoms with Crippen molar-refractivity contribution in [2.75, 3.05) is 0 Å². The minimum atomic E-state index is -0.737. The van der Waals surface area contributed by atoms with Crippen LogP contribution in [0, 0.1) is 27.3 Å². The van der Waals surface area contributed by atoms with Crippen molar-refractivity contribution in [3.05, 3.63) is 81.2 Å². The highest BCUT2D eigenvalue weighted by atomic mass is 19.1.